The number of carbonyl (C=O) groups is 1. The molecule has 0 heterocycles. The van der Waals surface area contributed by atoms with Gasteiger partial charge in [0, 0.05) is 0 Å². The second-order valence-electron chi connectivity index (χ2n) is 4.61. The van der Waals surface area contributed by atoms with Crippen molar-refractivity contribution < 1.29 is 14.3 Å². The van der Waals surface area contributed by atoms with E-state index in [0.717, 1.165) is 0 Å². The lowest BCUT2D eigenvalue weighted by molar-refractivity contribution is -0.162. The second kappa shape index (κ2) is 5.01. The van der Waals surface area contributed by atoms with Gasteiger partial charge in [0.15, 0.2) is 6.10 Å². The van der Waals surface area contributed by atoms with E-state index in [9.17, 15) is 4.79 Å². The smallest absolute Gasteiger partial charge is 0.347 e. The summed E-state index contributed by atoms with van der Waals surface area (Å²) in [5.41, 5.74) is -0.481. The Morgan fingerprint density at radius 2 is 1.75 bits per heavy atom. The molecule has 0 aromatic heterocycles. The number of benzene rings is 1. The Balaban J connectivity index is 2.53. The lowest BCUT2D eigenvalue weighted by Gasteiger charge is -2.22. The quantitative estimate of drug-likeness (QED) is 0.738. The van der Waals surface area contributed by atoms with Crippen molar-refractivity contribution in [2.24, 2.45) is 0 Å². The molecule has 0 spiro atoms. The first-order chi connectivity index (χ1) is 7.38. The maximum absolute atomic E-state index is 11.6. The van der Waals surface area contributed by atoms with Crippen molar-refractivity contribution in [3.8, 4) is 5.75 Å². The Kier molecular flexibility index (Phi) is 3.93. The van der Waals surface area contributed by atoms with Crippen LogP contribution in [-0.4, -0.2) is 17.7 Å². The zero-order chi connectivity index (χ0) is 12.2. The van der Waals surface area contributed by atoms with Gasteiger partial charge in [-0.25, -0.2) is 4.79 Å². The fourth-order valence-corrected chi connectivity index (χ4v) is 1.14. The van der Waals surface area contributed by atoms with Crippen LogP contribution in [0.1, 0.15) is 27.7 Å². The highest BCUT2D eigenvalue weighted by atomic mass is 16.6. The molecular formula is C13H18O3. The van der Waals surface area contributed by atoms with E-state index < -0.39 is 11.7 Å². The van der Waals surface area contributed by atoms with Crippen molar-refractivity contribution in [1.82, 2.24) is 0 Å². The Hall–Kier alpha value is -1.51. The Labute approximate surface area is 96.4 Å². The van der Waals surface area contributed by atoms with E-state index in [4.69, 9.17) is 9.47 Å². The van der Waals surface area contributed by atoms with Crippen molar-refractivity contribution >= 4 is 5.97 Å². The van der Waals surface area contributed by atoms with Crippen molar-refractivity contribution in [2.45, 2.75) is 39.4 Å². The summed E-state index contributed by atoms with van der Waals surface area (Å²) in [7, 11) is 0. The van der Waals surface area contributed by atoms with Gasteiger partial charge in [0.1, 0.15) is 11.4 Å². The molecule has 0 fully saturated rings. The molecule has 0 aliphatic carbocycles. The average Bonchev–Trinajstić information content (AvgIpc) is 2.16. The van der Waals surface area contributed by atoms with Gasteiger partial charge < -0.3 is 9.47 Å². The molecule has 1 atom stereocenters. The van der Waals surface area contributed by atoms with Crippen LogP contribution in [0.15, 0.2) is 30.3 Å². The molecule has 1 rings (SSSR count). The summed E-state index contributed by atoms with van der Waals surface area (Å²) in [4.78, 5) is 11.6. The molecule has 16 heavy (non-hydrogen) atoms. The third-order valence-electron chi connectivity index (χ3n) is 1.79. The fraction of sp³-hybridized carbons (Fsp3) is 0.462. The largest absolute Gasteiger partial charge is 0.479 e. The SMILES string of the molecule is C[C@@H](Oc1ccccc1)C(=O)OC(C)(C)C. The molecular weight excluding hydrogens is 204 g/mol. The predicted octanol–water partition coefficient (Wildman–Crippen LogP) is 2.80. The molecule has 1 aromatic carbocycles. The Morgan fingerprint density at radius 3 is 2.25 bits per heavy atom. The lowest BCUT2D eigenvalue weighted by atomic mass is 10.2. The first-order valence-electron chi connectivity index (χ1n) is 5.33. The highest BCUT2D eigenvalue weighted by Crippen LogP contribution is 2.14. The summed E-state index contributed by atoms with van der Waals surface area (Å²) in [6.45, 7) is 7.18. The molecule has 1 aromatic rings. The number of carbonyl (C=O) groups excluding carboxylic acids is 1. The third-order valence-corrected chi connectivity index (χ3v) is 1.79. The van der Waals surface area contributed by atoms with Crippen LogP contribution in [0.4, 0.5) is 0 Å². The highest BCUT2D eigenvalue weighted by molar-refractivity contribution is 5.75. The molecule has 0 unspecified atom stereocenters. The molecule has 0 aliphatic rings. The lowest BCUT2D eigenvalue weighted by Crippen LogP contribution is -2.33. The number of hydrogen-bond acceptors (Lipinski definition) is 3. The number of para-hydroxylation sites is 1. The first kappa shape index (κ1) is 12.6. The van der Waals surface area contributed by atoms with Crippen molar-refractivity contribution in [1.29, 1.82) is 0 Å². The molecule has 0 amide bonds. The van der Waals surface area contributed by atoms with Crippen LogP contribution < -0.4 is 4.74 Å². The van der Waals surface area contributed by atoms with Gasteiger partial charge in [-0.2, -0.15) is 0 Å². The molecule has 88 valence electrons. The van der Waals surface area contributed by atoms with Crippen molar-refractivity contribution in [3.05, 3.63) is 30.3 Å². The van der Waals surface area contributed by atoms with Crippen LogP contribution in [0.2, 0.25) is 0 Å². The van der Waals surface area contributed by atoms with E-state index in [2.05, 4.69) is 0 Å². The minimum atomic E-state index is -0.596. The molecule has 0 aliphatic heterocycles. The van der Waals surface area contributed by atoms with Gasteiger partial charge in [0.25, 0.3) is 0 Å². The zero-order valence-electron chi connectivity index (χ0n) is 10.2. The minimum Gasteiger partial charge on any atom is -0.479 e. The minimum absolute atomic E-state index is 0.351. The molecule has 0 radical (unpaired) electrons. The van der Waals surface area contributed by atoms with Gasteiger partial charge in [-0.05, 0) is 39.8 Å². The van der Waals surface area contributed by atoms with E-state index in [1.165, 1.54) is 0 Å². The Morgan fingerprint density at radius 1 is 1.19 bits per heavy atom. The molecule has 0 saturated heterocycles. The standard InChI is InChI=1S/C13H18O3/c1-10(12(14)16-13(2,3)4)15-11-8-6-5-7-9-11/h5-10H,1-4H3/t10-/m1/s1. The van der Waals surface area contributed by atoms with Gasteiger partial charge in [-0.3, -0.25) is 0 Å². The summed E-state index contributed by atoms with van der Waals surface area (Å²) >= 11 is 0. The normalized spacial score (nSPS) is 13.0. The number of esters is 1. The summed E-state index contributed by atoms with van der Waals surface area (Å²) in [6.07, 6.45) is -0.596. The van der Waals surface area contributed by atoms with E-state index in [0.29, 0.717) is 5.75 Å². The van der Waals surface area contributed by atoms with Gasteiger partial charge in [0.05, 0.1) is 0 Å². The van der Waals surface area contributed by atoms with Crippen LogP contribution in [0.3, 0.4) is 0 Å². The second-order valence-corrected chi connectivity index (χ2v) is 4.61. The Bertz CT molecular complexity index is 338. The topological polar surface area (TPSA) is 35.5 Å². The van der Waals surface area contributed by atoms with Crippen LogP contribution in [-0.2, 0) is 9.53 Å². The maximum atomic E-state index is 11.6. The molecule has 0 N–H and O–H groups in total. The van der Waals surface area contributed by atoms with Crippen molar-refractivity contribution in [3.63, 3.8) is 0 Å². The maximum Gasteiger partial charge on any atom is 0.347 e. The number of rotatable bonds is 3. The monoisotopic (exact) mass is 222 g/mol. The number of ether oxygens (including phenoxy) is 2. The van der Waals surface area contributed by atoms with Gasteiger partial charge in [-0.15, -0.1) is 0 Å². The van der Waals surface area contributed by atoms with E-state index in [1.54, 1.807) is 19.1 Å². The zero-order valence-corrected chi connectivity index (χ0v) is 10.2. The van der Waals surface area contributed by atoms with Crippen LogP contribution in [0.25, 0.3) is 0 Å². The van der Waals surface area contributed by atoms with Crippen LogP contribution in [0.5, 0.6) is 5.75 Å². The van der Waals surface area contributed by atoms with Crippen molar-refractivity contribution in [2.75, 3.05) is 0 Å². The molecule has 3 nitrogen and oxygen atoms in total. The third kappa shape index (κ3) is 4.34. The fourth-order valence-electron chi connectivity index (χ4n) is 1.14. The van der Waals surface area contributed by atoms with Gasteiger partial charge in [0.2, 0.25) is 0 Å². The van der Waals surface area contributed by atoms with E-state index in [1.807, 2.05) is 39.0 Å². The van der Waals surface area contributed by atoms with Crippen LogP contribution >= 0.6 is 0 Å². The first-order valence-corrected chi connectivity index (χ1v) is 5.33. The van der Waals surface area contributed by atoms with Crippen LogP contribution in [0, 0.1) is 0 Å². The molecule has 0 bridgehead atoms. The van der Waals surface area contributed by atoms with E-state index >= 15 is 0 Å². The van der Waals surface area contributed by atoms with E-state index in [-0.39, 0.29) is 5.97 Å². The highest BCUT2D eigenvalue weighted by Gasteiger charge is 2.22. The predicted molar refractivity (Wildman–Crippen MR) is 62.4 cm³/mol. The van der Waals surface area contributed by atoms with Gasteiger partial charge >= 0.3 is 5.97 Å². The summed E-state index contributed by atoms with van der Waals surface area (Å²) < 4.78 is 10.7. The summed E-state index contributed by atoms with van der Waals surface area (Å²) in [5.74, 6) is 0.317. The molecule has 0 saturated carbocycles. The molecule has 3 heteroatoms. The average molecular weight is 222 g/mol. The summed E-state index contributed by atoms with van der Waals surface area (Å²) in [5, 5.41) is 0. The number of hydrogen-bond donors (Lipinski definition) is 0. The summed E-state index contributed by atoms with van der Waals surface area (Å²) in [6, 6.07) is 9.22. The van der Waals surface area contributed by atoms with Gasteiger partial charge in [-0.1, -0.05) is 18.2 Å².